The van der Waals surface area contributed by atoms with Gasteiger partial charge in [0.25, 0.3) is 11.8 Å². The van der Waals surface area contributed by atoms with Crippen molar-refractivity contribution in [3.8, 4) is 0 Å². The number of pyridine rings is 1. The van der Waals surface area contributed by atoms with Crippen molar-refractivity contribution >= 4 is 34.5 Å². The standard InChI is InChI=1S/C16H15N3O4/c1-9-7-10(2)17-13-4-3-11(8-12(9)13)18-16(22)23-19-14(20)5-6-15(19)21/h3-4,7-8H,5-6H2,1-2H3,(H,18,22). The first-order valence-corrected chi connectivity index (χ1v) is 7.17. The van der Waals surface area contributed by atoms with Crippen molar-refractivity contribution in [2.24, 2.45) is 0 Å². The highest BCUT2D eigenvalue weighted by molar-refractivity contribution is 6.02. The van der Waals surface area contributed by atoms with Crippen LogP contribution in [0.5, 0.6) is 0 Å². The molecule has 7 heteroatoms. The summed E-state index contributed by atoms with van der Waals surface area (Å²) in [5.74, 6) is -1.03. The van der Waals surface area contributed by atoms with Crippen molar-refractivity contribution in [3.63, 3.8) is 0 Å². The Bertz CT molecular complexity index is 815. The lowest BCUT2D eigenvalue weighted by atomic mass is 10.1. The van der Waals surface area contributed by atoms with Gasteiger partial charge in [0.1, 0.15) is 0 Å². The van der Waals surface area contributed by atoms with Gasteiger partial charge in [-0.25, -0.2) is 4.79 Å². The number of hydrogen-bond acceptors (Lipinski definition) is 5. The number of benzene rings is 1. The number of amides is 3. The monoisotopic (exact) mass is 313 g/mol. The number of aromatic nitrogens is 1. The van der Waals surface area contributed by atoms with Crippen molar-refractivity contribution in [1.82, 2.24) is 10.0 Å². The SMILES string of the molecule is Cc1cc(C)c2cc(NC(=O)ON3C(=O)CCC3=O)ccc2n1. The first kappa shape index (κ1) is 15.0. The molecule has 0 bridgehead atoms. The molecule has 1 aromatic carbocycles. The van der Waals surface area contributed by atoms with E-state index in [9.17, 15) is 14.4 Å². The molecule has 3 amide bonds. The second-order valence-electron chi connectivity index (χ2n) is 5.40. The third-order valence-corrected chi connectivity index (χ3v) is 3.57. The summed E-state index contributed by atoms with van der Waals surface area (Å²) in [6.07, 6.45) is -0.760. The first-order chi connectivity index (χ1) is 10.9. The van der Waals surface area contributed by atoms with Crippen LogP contribution in [0.15, 0.2) is 24.3 Å². The minimum atomic E-state index is -0.884. The Morgan fingerprint density at radius 2 is 1.87 bits per heavy atom. The zero-order chi connectivity index (χ0) is 16.6. The molecule has 1 aliphatic rings. The Hall–Kier alpha value is -2.96. The fourth-order valence-electron chi connectivity index (χ4n) is 2.52. The van der Waals surface area contributed by atoms with Crippen molar-refractivity contribution in [2.45, 2.75) is 26.7 Å². The molecule has 1 fully saturated rings. The lowest BCUT2D eigenvalue weighted by Crippen LogP contribution is -2.33. The van der Waals surface area contributed by atoms with Gasteiger partial charge in [0.05, 0.1) is 5.52 Å². The maximum Gasteiger partial charge on any atom is 0.436 e. The van der Waals surface area contributed by atoms with E-state index in [1.54, 1.807) is 18.2 Å². The molecule has 118 valence electrons. The lowest BCUT2D eigenvalue weighted by Gasteiger charge is -2.13. The topological polar surface area (TPSA) is 88.6 Å². The predicted octanol–water partition coefficient (Wildman–Crippen LogP) is 2.46. The van der Waals surface area contributed by atoms with Gasteiger partial charge in [-0.15, -0.1) is 5.06 Å². The minimum absolute atomic E-state index is 0.0618. The molecule has 1 aliphatic heterocycles. The smallest absolute Gasteiger partial charge is 0.311 e. The Balaban J connectivity index is 1.77. The quantitative estimate of drug-likeness (QED) is 0.860. The minimum Gasteiger partial charge on any atom is -0.311 e. The lowest BCUT2D eigenvalue weighted by molar-refractivity contribution is -0.170. The van der Waals surface area contributed by atoms with E-state index in [1.807, 2.05) is 19.9 Å². The Kier molecular flexibility index (Phi) is 3.69. The number of nitrogens with one attached hydrogen (secondary N) is 1. The Morgan fingerprint density at radius 1 is 1.17 bits per heavy atom. The molecular formula is C16H15N3O4. The normalized spacial score (nSPS) is 14.4. The highest BCUT2D eigenvalue weighted by atomic mass is 16.7. The zero-order valence-corrected chi connectivity index (χ0v) is 12.8. The van der Waals surface area contributed by atoms with Gasteiger partial charge < -0.3 is 4.84 Å². The van der Waals surface area contributed by atoms with Gasteiger partial charge in [0, 0.05) is 29.6 Å². The number of aryl methyl sites for hydroxylation is 2. The molecule has 1 N–H and O–H groups in total. The van der Waals surface area contributed by atoms with Crippen LogP contribution in [0.25, 0.3) is 10.9 Å². The van der Waals surface area contributed by atoms with Crippen LogP contribution in [0.1, 0.15) is 24.1 Å². The Labute approximate surface area is 132 Å². The molecule has 1 aromatic heterocycles. The summed E-state index contributed by atoms with van der Waals surface area (Å²) < 4.78 is 0. The summed E-state index contributed by atoms with van der Waals surface area (Å²) in [7, 11) is 0. The molecule has 2 heterocycles. The second-order valence-corrected chi connectivity index (χ2v) is 5.40. The summed E-state index contributed by atoms with van der Waals surface area (Å²) in [6, 6.07) is 7.19. The van der Waals surface area contributed by atoms with Crippen molar-refractivity contribution in [2.75, 3.05) is 5.32 Å². The van der Waals surface area contributed by atoms with Gasteiger partial charge in [-0.1, -0.05) is 0 Å². The molecule has 0 unspecified atom stereocenters. The molecule has 1 saturated heterocycles. The van der Waals surface area contributed by atoms with Crippen LogP contribution in [0.2, 0.25) is 0 Å². The van der Waals surface area contributed by atoms with Gasteiger partial charge in [0.2, 0.25) is 0 Å². The van der Waals surface area contributed by atoms with Crippen LogP contribution >= 0.6 is 0 Å². The summed E-state index contributed by atoms with van der Waals surface area (Å²) >= 11 is 0. The summed E-state index contributed by atoms with van der Waals surface area (Å²) in [4.78, 5) is 43.9. The summed E-state index contributed by atoms with van der Waals surface area (Å²) in [5, 5.41) is 3.92. The number of hydroxylamine groups is 2. The number of rotatable bonds is 2. The predicted molar refractivity (Wildman–Crippen MR) is 82.4 cm³/mol. The highest BCUT2D eigenvalue weighted by Gasteiger charge is 2.32. The molecule has 0 radical (unpaired) electrons. The second kappa shape index (κ2) is 5.68. The van der Waals surface area contributed by atoms with Crippen LogP contribution in [0, 0.1) is 13.8 Å². The number of fused-ring (bicyclic) bond motifs is 1. The van der Waals surface area contributed by atoms with Crippen molar-refractivity contribution in [3.05, 3.63) is 35.5 Å². The van der Waals surface area contributed by atoms with E-state index in [1.165, 1.54) is 0 Å². The number of nitrogens with zero attached hydrogens (tertiary/aromatic N) is 2. The molecule has 23 heavy (non-hydrogen) atoms. The van der Waals surface area contributed by atoms with Crippen LogP contribution in [-0.2, 0) is 14.4 Å². The summed E-state index contributed by atoms with van der Waals surface area (Å²) in [5.41, 5.74) is 3.28. The molecule has 0 saturated carbocycles. The van der Waals surface area contributed by atoms with Gasteiger partial charge in [-0.05, 0) is 43.7 Å². The zero-order valence-electron chi connectivity index (χ0n) is 12.8. The molecule has 2 aromatic rings. The molecule has 3 rings (SSSR count). The van der Waals surface area contributed by atoms with E-state index in [-0.39, 0.29) is 12.8 Å². The number of hydrogen-bond donors (Lipinski definition) is 1. The van der Waals surface area contributed by atoms with E-state index in [0.717, 1.165) is 22.2 Å². The number of imide groups is 1. The Morgan fingerprint density at radius 3 is 2.57 bits per heavy atom. The van der Waals surface area contributed by atoms with E-state index in [4.69, 9.17) is 4.84 Å². The average Bonchev–Trinajstić information content (AvgIpc) is 2.80. The van der Waals surface area contributed by atoms with Crippen LogP contribution in [-0.4, -0.2) is 28.0 Å². The fraction of sp³-hybridized carbons (Fsp3) is 0.250. The largest absolute Gasteiger partial charge is 0.436 e. The maximum absolute atomic E-state index is 11.8. The average molecular weight is 313 g/mol. The molecule has 7 nitrogen and oxygen atoms in total. The number of carbonyl (C=O) groups is 3. The molecule has 0 aliphatic carbocycles. The molecule has 0 spiro atoms. The molecule has 0 atom stereocenters. The van der Waals surface area contributed by atoms with E-state index >= 15 is 0 Å². The highest BCUT2D eigenvalue weighted by Crippen LogP contribution is 2.22. The number of carbonyl (C=O) groups excluding carboxylic acids is 3. The van der Waals surface area contributed by atoms with Crippen LogP contribution in [0.4, 0.5) is 10.5 Å². The van der Waals surface area contributed by atoms with Crippen LogP contribution in [0.3, 0.4) is 0 Å². The van der Waals surface area contributed by atoms with Gasteiger partial charge >= 0.3 is 6.09 Å². The van der Waals surface area contributed by atoms with E-state index < -0.39 is 17.9 Å². The fourth-order valence-corrected chi connectivity index (χ4v) is 2.52. The van der Waals surface area contributed by atoms with Gasteiger partial charge in [-0.2, -0.15) is 0 Å². The number of anilines is 1. The van der Waals surface area contributed by atoms with Crippen LogP contribution < -0.4 is 5.32 Å². The molecular weight excluding hydrogens is 298 g/mol. The van der Waals surface area contributed by atoms with E-state index in [2.05, 4.69) is 10.3 Å². The summed E-state index contributed by atoms with van der Waals surface area (Å²) in [6.45, 7) is 3.88. The third kappa shape index (κ3) is 2.98. The maximum atomic E-state index is 11.8. The third-order valence-electron chi connectivity index (χ3n) is 3.57. The van der Waals surface area contributed by atoms with Gasteiger partial charge in [-0.3, -0.25) is 19.9 Å². The first-order valence-electron chi connectivity index (χ1n) is 7.17. The van der Waals surface area contributed by atoms with E-state index in [0.29, 0.717) is 10.8 Å². The van der Waals surface area contributed by atoms with Crippen molar-refractivity contribution in [1.29, 1.82) is 0 Å². The van der Waals surface area contributed by atoms with Crippen molar-refractivity contribution < 1.29 is 19.2 Å². The van der Waals surface area contributed by atoms with Gasteiger partial charge in [0.15, 0.2) is 0 Å².